The van der Waals surface area contributed by atoms with E-state index in [0.717, 1.165) is 0 Å². The zero-order valence-corrected chi connectivity index (χ0v) is 42.9. The van der Waals surface area contributed by atoms with Crippen LogP contribution in [0.1, 0.15) is 165 Å². The van der Waals surface area contributed by atoms with Crippen molar-refractivity contribution in [1.82, 2.24) is 10.1 Å². The van der Waals surface area contributed by atoms with Gasteiger partial charge in [-0.15, -0.1) is 0 Å². The van der Waals surface area contributed by atoms with Gasteiger partial charge in [-0.3, -0.25) is 28.4 Å². The van der Waals surface area contributed by atoms with E-state index in [1.54, 1.807) is 83.1 Å². The zero-order chi connectivity index (χ0) is 49.1. The standard InChI is InChI=1S/C42H82N2O16P2.CH4/c1-20-56-61(51,52)33(37(4,5)6)43(39(10,11)12)59-29(27-41(16,17)35(47)48)31(45)54-25-23-24-26-55-32(46)30(28-42(18,19)36(49)50)60-44(40(13,14)15)34(38(7,8)9)62(53,57-21-2)58-22-3;/h29-30,33-34H,20-28H2,1-19H3,(H,47,48)(H,49,50)(H,51,52);1H4. The van der Waals surface area contributed by atoms with Crippen LogP contribution < -0.4 is 0 Å². The quantitative estimate of drug-likeness (QED) is 0.0301. The predicted octanol–water partition coefficient (Wildman–Crippen LogP) is 9.52. The number of ether oxygens (including phenoxy) is 2. The Balaban J connectivity index is 0. The van der Waals surface area contributed by atoms with E-state index in [4.69, 9.17) is 32.7 Å². The van der Waals surface area contributed by atoms with E-state index in [-0.39, 0.29) is 66.1 Å². The van der Waals surface area contributed by atoms with Crippen LogP contribution in [-0.4, -0.2) is 117 Å². The normalized spacial score (nSPS) is 16.4. The van der Waals surface area contributed by atoms with Crippen molar-refractivity contribution in [3.63, 3.8) is 0 Å². The molecule has 5 atom stereocenters. The first-order valence-corrected chi connectivity index (χ1v) is 24.6. The van der Waals surface area contributed by atoms with Gasteiger partial charge >= 0.3 is 39.1 Å². The van der Waals surface area contributed by atoms with Gasteiger partial charge in [-0.2, -0.15) is 10.1 Å². The second-order valence-corrected chi connectivity index (χ2v) is 24.8. The maximum Gasteiger partial charge on any atom is 0.350 e. The minimum Gasteiger partial charge on any atom is -0.481 e. The summed E-state index contributed by atoms with van der Waals surface area (Å²) in [6.07, 6.45) is -3.32. The molecule has 0 aliphatic rings. The van der Waals surface area contributed by atoms with Crippen molar-refractivity contribution in [2.24, 2.45) is 21.7 Å². The SMILES string of the molecule is C.CCOP(=O)(O)C(N(OC(CC(C)(C)C(=O)O)C(=O)OCCCCOC(=O)C(CC(C)(C)C(=O)O)ON(C(C(C)(C)C)P(=O)(OCC)OCC)C(C)(C)C)C(C)(C)C)C(C)(C)C. The van der Waals surface area contributed by atoms with Crippen LogP contribution in [0.4, 0.5) is 0 Å². The van der Waals surface area contributed by atoms with E-state index >= 15 is 0 Å². The second kappa shape index (κ2) is 24.7. The molecule has 5 unspecified atom stereocenters. The Labute approximate surface area is 378 Å². The van der Waals surface area contributed by atoms with E-state index in [0.29, 0.717) is 0 Å². The molecule has 0 saturated carbocycles. The monoisotopic (exact) mass is 949 g/mol. The molecule has 18 nitrogen and oxygen atoms in total. The summed E-state index contributed by atoms with van der Waals surface area (Å²) in [5.41, 5.74) is -6.58. The van der Waals surface area contributed by atoms with Crippen LogP contribution in [0.3, 0.4) is 0 Å². The maximum atomic E-state index is 14.4. The van der Waals surface area contributed by atoms with Crippen LogP contribution >= 0.6 is 15.2 Å². The number of unbranched alkanes of at least 4 members (excludes halogenated alkanes) is 1. The first kappa shape index (κ1) is 63.1. The van der Waals surface area contributed by atoms with E-state index < -0.39 is 95.6 Å². The summed E-state index contributed by atoms with van der Waals surface area (Å²) in [6.45, 7) is 31.5. The lowest BCUT2D eigenvalue weighted by atomic mass is 9.87. The van der Waals surface area contributed by atoms with Crippen molar-refractivity contribution in [3.8, 4) is 0 Å². The average Bonchev–Trinajstić information content (AvgIpc) is 3.05. The van der Waals surface area contributed by atoms with Crippen molar-refractivity contribution in [3.05, 3.63) is 0 Å². The van der Waals surface area contributed by atoms with Gasteiger partial charge in [0.05, 0.1) is 43.9 Å². The molecule has 0 spiro atoms. The fraction of sp³-hybridized carbons (Fsp3) is 0.907. The summed E-state index contributed by atoms with van der Waals surface area (Å²) < 4.78 is 56.1. The number of carbonyl (C=O) groups excluding carboxylic acids is 2. The molecule has 0 bridgehead atoms. The molecule has 0 amide bonds. The molecule has 63 heavy (non-hydrogen) atoms. The third kappa shape index (κ3) is 19.8. The van der Waals surface area contributed by atoms with Crippen molar-refractivity contribution in [1.29, 1.82) is 0 Å². The Morgan fingerprint density at radius 3 is 1.10 bits per heavy atom. The Morgan fingerprint density at radius 1 is 0.540 bits per heavy atom. The number of carboxylic acids is 2. The minimum absolute atomic E-state index is 0. The highest BCUT2D eigenvalue weighted by Gasteiger charge is 2.54. The molecule has 0 aliphatic heterocycles. The van der Waals surface area contributed by atoms with Gasteiger partial charge in [0, 0.05) is 23.9 Å². The third-order valence-corrected chi connectivity index (χ3v) is 14.5. The molecule has 0 heterocycles. The van der Waals surface area contributed by atoms with Crippen LogP contribution in [0.5, 0.6) is 0 Å². The lowest BCUT2D eigenvalue weighted by Crippen LogP contribution is -2.56. The smallest absolute Gasteiger partial charge is 0.350 e. The predicted molar refractivity (Wildman–Crippen MR) is 242 cm³/mol. The van der Waals surface area contributed by atoms with E-state index in [1.165, 1.54) is 37.8 Å². The highest BCUT2D eigenvalue weighted by molar-refractivity contribution is 7.54. The number of nitrogens with zero attached hydrogens (tertiary/aromatic N) is 2. The molecule has 0 aromatic carbocycles. The highest BCUT2D eigenvalue weighted by atomic mass is 31.2. The van der Waals surface area contributed by atoms with Crippen LogP contribution in [0, 0.1) is 21.7 Å². The molecule has 0 fully saturated rings. The van der Waals surface area contributed by atoms with Crippen molar-refractivity contribution in [2.75, 3.05) is 33.0 Å². The number of aliphatic carboxylic acids is 2. The largest absolute Gasteiger partial charge is 0.481 e. The first-order valence-electron chi connectivity index (χ1n) is 21.3. The number of esters is 2. The van der Waals surface area contributed by atoms with Crippen molar-refractivity contribution < 1.29 is 76.1 Å². The molecule has 3 N–H and O–H groups in total. The Morgan fingerprint density at radius 2 is 0.841 bits per heavy atom. The fourth-order valence-corrected chi connectivity index (χ4v) is 11.2. The molecule has 0 rings (SSSR count). The average molecular weight is 949 g/mol. The van der Waals surface area contributed by atoms with Gasteiger partial charge in [0.1, 0.15) is 11.6 Å². The molecular weight excluding hydrogens is 862 g/mol. The summed E-state index contributed by atoms with van der Waals surface area (Å²) in [4.78, 5) is 75.7. The van der Waals surface area contributed by atoms with Crippen LogP contribution in [0.2, 0.25) is 0 Å². The molecule has 0 radical (unpaired) electrons. The zero-order valence-electron chi connectivity index (χ0n) is 41.1. The van der Waals surface area contributed by atoms with E-state index in [1.807, 2.05) is 20.8 Å². The second-order valence-electron chi connectivity index (χ2n) is 20.8. The molecule has 0 aliphatic carbocycles. The number of hydrogen-bond acceptors (Lipinski definition) is 15. The summed E-state index contributed by atoms with van der Waals surface area (Å²) >= 11 is 0. The summed E-state index contributed by atoms with van der Waals surface area (Å²) in [5.74, 6) is -6.51. The molecule has 0 saturated heterocycles. The number of rotatable bonds is 27. The Hall–Kier alpha value is -1.98. The van der Waals surface area contributed by atoms with Gasteiger partial charge < -0.3 is 38.2 Å². The number of carboxylic acid groups (broad SMARTS) is 2. The van der Waals surface area contributed by atoms with Crippen LogP contribution in [0.15, 0.2) is 0 Å². The van der Waals surface area contributed by atoms with Crippen LogP contribution in [0.25, 0.3) is 0 Å². The molecule has 0 aromatic heterocycles. The molecule has 0 aromatic rings. The van der Waals surface area contributed by atoms with Gasteiger partial charge in [-0.25, -0.2) is 9.59 Å². The molecule has 374 valence electrons. The summed E-state index contributed by atoms with van der Waals surface area (Å²) in [5, 5.41) is 22.6. The van der Waals surface area contributed by atoms with E-state index in [9.17, 15) is 43.4 Å². The Bertz CT molecular complexity index is 1550. The summed E-state index contributed by atoms with van der Waals surface area (Å²) in [7, 11) is -8.36. The topological polar surface area (TPSA) is 234 Å². The van der Waals surface area contributed by atoms with Gasteiger partial charge in [-0.1, -0.05) is 49.0 Å². The van der Waals surface area contributed by atoms with Gasteiger partial charge in [0.25, 0.3) is 0 Å². The Kier molecular flexibility index (Phi) is 24.7. The van der Waals surface area contributed by atoms with Gasteiger partial charge in [0.15, 0.2) is 12.2 Å². The van der Waals surface area contributed by atoms with Gasteiger partial charge in [-0.05, 0) is 114 Å². The summed E-state index contributed by atoms with van der Waals surface area (Å²) in [6, 6.07) is 0. The fourth-order valence-electron chi connectivity index (χ4n) is 6.33. The number of hydrogen-bond donors (Lipinski definition) is 3. The number of carbonyl (C=O) groups is 4. The molecule has 20 heteroatoms. The highest BCUT2D eigenvalue weighted by Crippen LogP contribution is 2.61. The lowest BCUT2D eigenvalue weighted by molar-refractivity contribution is -0.271. The molecular formula is C43H86N2O16P2. The van der Waals surface area contributed by atoms with Crippen molar-refractivity contribution in [2.45, 2.75) is 200 Å². The third-order valence-electron chi connectivity index (χ3n) is 9.44. The van der Waals surface area contributed by atoms with E-state index in [2.05, 4.69) is 0 Å². The number of hydroxylamine groups is 4. The maximum absolute atomic E-state index is 14.4. The van der Waals surface area contributed by atoms with Gasteiger partial charge in [0.2, 0.25) is 0 Å². The van der Waals surface area contributed by atoms with Crippen LogP contribution in [-0.2, 0) is 61.0 Å². The van der Waals surface area contributed by atoms with Crippen molar-refractivity contribution >= 4 is 39.1 Å². The first-order chi connectivity index (χ1) is 27.8. The minimum atomic E-state index is -4.42. The lowest BCUT2D eigenvalue weighted by Gasteiger charge is -2.48.